The predicted molar refractivity (Wildman–Crippen MR) is 91.4 cm³/mol. The van der Waals surface area contributed by atoms with E-state index >= 15 is 0 Å². The summed E-state index contributed by atoms with van der Waals surface area (Å²) < 4.78 is 29.4. The Balaban J connectivity index is 2.68. The van der Waals surface area contributed by atoms with E-state index in [1.807, 2.05) is 4.90 Å². The number of nitrogens with zero attached hydrogens (tertiary/aromatic N) is 1. The van der Waals surface area contributed by atoms with Crippen molar-refractivity contribution in [2.45, 2.75) is 25.2 Å². The van der Waals surface area contributed by atoms with Gasteiger partial charge >= 0.3 is 5.97 Å². The molecule has 0 spiro atoms. The molecule has 1 rings (SSSR count). The average molecular weight is 362 g/mol. The third-order valence-corrected chi connectivity index (χ3v) is 5.29. The molecular formula is C16H24ClNO4S. The molecule has 0 saturated carbocycles. The normalized spacial score (nSPS) is 11.9. The van der Waals surface area contributed by atoms with E-state index in [9.17, 15) is 13.2 Å². The van der Waals surface area contributed by atoms with Crippen LogP contribution in [0.15, 0.2) is 29.2 Å². The number of methoxy groups -OCH3 is 1. The second-order valence-corrected chi connectivity index (χ2v) is 8.34. The molecular weight excluding hydrogens is 338 g/mol. The number of sulfone groups is 1. The van der Waals surface area contributed by atoms with Gasteiger partial charge in [0, 0.05) is 24.7 Å². The maximum absolute atomic E-state index is 12.4. The van der Waals surface area contributed by atoms with Crippen molar-refractivity contribution in [3.63, 3.8) is 0 Å². The van der Waals surface area contributed by atoms with Gasteiger partial charge < -0.3 is 9.64 Å². The van der Waals surface area contributed by atoms with Crippen molar-refractivity contribution in [3.05, 3.63) is 29.3 Å². The number of carbonyl (C=O) groups is 1. The fraction of sp³-hybridized carbons (Fsp3) is 0.562. The maximum Gasteiger partial charge on any atom is 0.306 e. The molecule has 1 aromatic carbocycles. The summed E-state index contributed by atoms with van der Waals surface area (Å²) in [7, 11) is -2.02. The van der Waals surface area contributed by atoms with Crippen LogP contribution in [0.4, 0.5) is 0 Å². The Bertz CT molecular complexity index is 599. The van der Waals surface area contributed by atoms with Crippen LogP contribution >= 0.6 is 11.6 Å². The average Bonchev–Trinajstić information content (AvgIpc) is 2.49. The molecule has 0 radical (unpaired) electrons. The minimum absolute atomic E-state index is 0.00250. The van der Waals surface area contributed by atoms with Gasteiger partial charge in [-0.15, -0.1) is 0 Å². The van der Waals surface area contributed by atoms with Gasteiger partial charge in [-0.25, -0.2) is 8.42 Å². The van der Waals surface area contributed by atoms with Crippen LogP contribution < -0.4 is 0 Å². The lowest BCUT2D eigenvalue weighted by Gasteiger charge is -2.23. The Morgan fingerprint density at radius 3 is 2.35 bits per heavy atom. The molecule has 0 heterocycles. The molecule has 0 fully saturated rings. The summed E-state index contributed by atoms with van der Waals surface area (Å²) in [5, 5.41) is 0.503. The summed E-state index contributed by atoms with van der Waals surface area (Å²) in [5.41, 5.74) is 0. The molecule has 7 heteroatoms. The van der Waals surface area contributed by atoms with Crippen molar-refractivity contribution in [1.29, 1.82) is 0 Å². The second kappa shape index (κ2) is 9.25. The number of hydrogen-bond donors (Lipinski definition) is 0. The first kappa shape index (κ1) is 19.9. The minimum atomic E-state index is -3.37. The number of hydrogen-bond acceptors (Lipinski definition) is 5. The van der Waals surface area contributed by atoms with Gasteiger partial charge in [-0.1, -0.05) is 25.4 Å². The smallest absolute Gasteiger partial charge is 0.306 e. The highest BCUT2D eigenvalue weighted by atomic mass is 35.5. The Morgan fingerprint density at radius 2 is 1.83 bits per heavy atom. The zero-order valence-corrected chi connectivity index (χ0v) is 15.4. The largest absolute Gasteiger partial charge is 0.469 e. The Hall–Kier alpha value is -1.11. The zero-order chi connectivity index (χ0) is 17.5. The Labute approximate surface area is 143 Å². The van der Waals surface area contributed by atoms with Gasteiger partial charge in [0.15, 0.2) is 9.84 Å². The molecule has 0 bridgehead atoms. The summed E-state index contributed by atoms with van der Waals surface area (Å²) in [6.45, 7) is 5.70. The van der Waals surface area contributed by atoms with Crippen molar-refractivity contribution in [1.82, 2.24) is 4.90 Å². The van der Waals surface area contributed by atoms with Crippen LogP contribution in [0.1, 0.15) is 20.3 Å². The number of benzene rings is 1. The van der Waals surface area contributed by atoms with E-state index in [0.717, 1.165) is 6.54 Å². The van der Waals surface area contributed by atoms with Crippen molar-refractivity contribution < 1.29 is 17.9 Å². The molecule has 0 amide bonds. The summed E-state index contributed by atoms with van der Waals surface area (Å²) in [6.07, 6.45) is 0.254. The highest BCUT2D eigenvalue weighted by Gasteiger charge is 2.18. The molecule has 0 aliphatic heterocycles. The lowest BCUT2D eigenvalue weighted by molar-refractivity contribution is -0.141. The molecule has 130 valence electrons. The van der Waals surface area contributed by atoms with Crippen molar-refractivity contribution in [3.8, 4) is 0 Å². The first-order valence-corrected chi connectivity index (χ1v) is 9.55. The molecule has 23 heavy (non-hydrogen) atoms. The molecule has 0 atom stereocenters. The van der Waals surface area contributed by atoms with Crippen LogP contribution in [-0.2, 0) is 19.4 Å². The van der Waals surface area contributed by atoms with Gasteiger partial charge in [0.25, 0.3) is 0 Å². The molecule has 0 unspecified atom stereocenters. The fourth-order valence-electron chi connectivity index (χ4n) is 2.17. The van der Waals surface area contributed by atoms with Gasteiger partial charge in [-0.2, -0.15) is 0 Å². The van der Waals surface area contributed by atoms with Gasteiger partial charge in [-0.3, -0.25) is 4.79 Å². The van der Waals surface area contributed by atoms with Gasteiger partial charge in [0.1, 0.15) is 0 Å². The van der Waals surface area contributed by atoms with Crippen LogP contribution in [0.25, 0.3) is 0 Å². The van der Waals surface area contributed by atoms with Crippen molar-refractivity contribution in [2.75, 3.05) is 32.5 Å². The summed E-state index contributed by atoms with van der Waals surface area (Å²) in [4.78, 5) is 13.5. The van der Waals surface area contributed by atoms with Crippen molar-refractivity contribution >= 4 is 27.4 Å². The lowest BCUT2D eigenvalue weighted by Crippen LogP contribution is -2.34. The summed E-state index contributed by atoms with van der Waals surface area (Å²) >= 11 is 5.78. The van der Waals surface area contributed by atoms with E-state index in [2.05, 4.69) is 18.6 Å². The molecule has 0 aliphatic carbocycles. The van der Waals surface area contributed by atoms with Gasteiger partial charge in [0.05, 0.1) is 24.2 Å². The first-order chi connectivity index (χ1) is 10.7. The molecule has 0 aromatic heterocycles. The van der Waals surface area contributed by atoms with E-state index in [-0.39, 0.29) is 23.0 Å². The van der Waals surface area contributed by atoms with Crippen LogP contribution in [0.5, 0.6) is 0 Å². The Kier molecular flexibility index (Phi) is 8.02. The lowest BCUT2D eigenvalue weighted by atomic mass is 10.2. The highest BCUT2D eigenvalue weighted by molar-refractivity contribution is 7.91. The zero-order valence-electron chi connectivity index (χ0n) is 13.8. The molecule has 0 aliphatic rings. The predicted octanol–water partition coefficient (Wildman–Crippen LogP) is 2.63. The van der Waals surface area contributed by atoms with E-state index in [1.54, 1.807) is 12.1 Å². The standard InChI is InChI=1S/C16H24ClNO4S/c1-13(2)12-18(9-8-16(19)22-3)10-11-23(20,21)15-6-4-14(17)5-7-15/h4-7,13H,8-12H2,1-3H3. The maximum atomic E-state index is 12.4. The van der Waals surface area contributed by atoms with E-state index in [0.29, 0.717) is 24.0 Å². The van der Waals surface area contributed by atoms with E-state index < -0.39 is 9.84 Å². The second-order valence-electron chi connectivity index (χ2n) is 5.79. The number of esters is 1. The van der Waals surface area contributed by atoms with Crippen molar-refractivity contribution in [2.24, 2.45) is 5.92 Å². The Morgan fingerprint density at radius 1 is 1.22 bits per heavy atom. The number of carbonyl (C=O) groups excluding carboxylic acids is 1. The van der Waals surface area contributed by atoms with Crippen LogP contribution in [-0.4, -0.2) is 51.8 Å². The minimum Gasteiger partial charge on any atom is -0.469 e. The number of ether oxygens (including phenoxy) is 1. The van der Waals surface area contributed by atoms with Crippen LogP contribution in [0.2, 0.25) is 5.02 Å². The fourth-order valence-corrected chi connectivity index (χ4v) is 3.58. The summed E-state index contributed by atoms with van der Waals surface area (Å²) in [5.74, 6) is 0.0907. The summed E-state index contributed by atoms with van der Waals surface area (Å²) in [6, 6.07) is 6.16. The highest BCUT2D eigenvalue weighted by Crippen LogP contribution is 2.16. The van der Waals surface area contributed by atoms with E-state index in [4.69, 9.17) is 11.6 Å². The SMILES string of the molecule is COC(=O)CCN(CCS(=O)(=O)c1ccc(Cl)cc1)CC(C)C. The number of rotatable bonds is 9. The quantitative estimate of drug-likeness (QED) is 0.633. The molecule has 5 nitrogen and oxygen atoms in total. The molecule has 0 N–H and O–H groups in total. The molecule has 0 saturated heterocycles. The van der Waals surface area contributed by atoms with Crippen LogP contribution in [0.3, 0.4) is 0 Å². The number of halogens is 1. The van der Waals surface area contributed by atoms with Gasteiger partial charge in [-0.05, 0) is 30.2 Å². The monoisotopic (exact) mass is 361 g/mol. The van der Waals surface area contributed by atoms with Crippen LogP contribution in [0, 0.1) is 5.92 Å². The van der Waals surface area contributed by atoms with E-state index in [1.165, 1.54) is 19.2 Å². The third-order valence-electron chi connectivity index (χ3n) is 3.33. The topological polar surface area (TPSA) is 63.7 Å². The van der Waals surface area contributed by atoms with Gasteiger partial charge in [0.2, 0.25) is 0 Å². The third kappa shape index (κ3) is 7.33. The first-order valence-electron chi connectivity index (χ1n) is 7.52. The molecule has 1 aromatic rings.